The van der Waals surface area contributed by atoms with E-state index >= 15 is 0 Å². The molecule has 3 atom stereocenters. The summed E-state index contributed by atoms with van der Waals surface area (Å²) in [5.41, 5.74) is 7.74. The van der Waals surface area contributed by atoms with Crippen LogP contribution in [0.5, 0.6) is 0 Å². The Bertz CT molecular complexity index is 924. The van der Waals surface area contributed by atoms with Crippen LogP contribution in [-0.2, 0) is 19.0 Å². The molecule has 2 rings (SSSR count). The van der Waals surface area contributed by atoms with E-state index in [1.54, 1.807) is 4.90 Å². The SMILES string of the molecule is CCOC1=C(C(C)=O)C(OCC)=C(C)C(C)([C@@H](C)N(CCO[C@@H](C)c2ccccc2)C(N)=O)C1. The van der Waals surface area contributed by atoms with Gasteiger partial charge in [0.25, 0.3) is 0 Å². The monoisotopic (exact) mass is 472 g/mol. The lowest BCUT2D eigenvalue weighted by molar-refractivity contribution is -0.114. The fraction of sp³-hybridized carbons (Fsp3) is 0.556. The molecule has 0 saturated heterocycles. The van der Waals surface area contributed by atoms with E-state index in [0.717, 1.165) is 11.1 Å². The van der Waals surface area contributed by atoms with Crippen molar-refractivity contribution in [2.75, 3.05) is 26.4 Å². The zero-order valence-electron chi connectivity index (χ0n) is 21.6. The Morgan fingerprint density at radius 2 is 1.74 bits per heavy atom. The molecule has 1 aliphatic rings. The molecule has 1 unspecified atom stereocenters. The number of Topliss-reactive ketones (excluding diaryl/α,β-unsaturated/α-hetero) is 1. The number of allylic oxidation sites excluding steroid dienone is 2. The van der Waals surface area contributed by atoms with Gasteiger partial charge >= 0.3 is 6.03 Å². The van der Waals surface area contributed by atoms with Gasteiger partial charge in [-0.25, -0.2) is 4.79 Å². The minimum Gasteiger partial charge on any atom is -0.497 e. The number of amides is 2. The van der Waals surface area contributed by atoms with Gasteiger partial charge in [-0.1, -0.05) is 37.3 Å². The molecular formula is C27H40N2O5. The molecule has 34 heavy (non-hydrogen) atoms. The zero-order chi connectivity index (χ0) is 25.5. The number of benzene rings is 1. The predicted molar refractivity (Wildman–Crippen MR) is 133 cm³/mol. The molecule has 1 aliphatic carbocycles. The number of hydrogen-bond acceptors (Lipinski definition) is 5. The summed E-state index contributed by atoms with van der Waals surface area (Å²) in [6, 6.07) is 9.13. The third-order valence-electron chi connectivity index (χ3n) is 6.83. The number of primary amides is 1. The second-order valence-corrected chi connectivity index (χ2v) is 8.90. The summed E-state index contributed by atoms with van der Waals surface area (Å²) in [7, 11) is 0. The average molecular weight is 473 g/mol. The second-order valence-electron chi connectivity index (χ2n) is 8.90. The van der Waals surface area contributed by atoms with E-state index in [1.165, 1.54) is 6.92 Å². The first-order valence-corrected chi connectivity index (χ1v) is 12.0. The van der Waals surface area contributed by atoms with Gasteiger partial charge in [-0.15, -0.1) is 0 Å². The normalized spacial score (nSPS) is 20.1. The maximum Gasteiger partial charge on any atom is 0.315 e. The molecule has 0 heterocycles. The van der Waals surface area contributed by atoms with Gasteiger partial charge in [0.1, 0.15) is 11.5 Å². The number of carbonyl (C=O) groups is 2. The van der Waals surface area contributed by atoms with Crippen LogP contribution in [-0.4, -0.2) is 49.1 Å². The quantitative estimate of drug-likeness (QED) is 0.455. The largest absolute Gasteiger partial charge is 0.497 e. The summed E-state index contributed by atoms with van der Waals surface area (Å²) >= 11 is 0. The number of rotatable bonds is 12. The summed E-state index contributed by atoms with van der Waals surface area (Å²) in [5.74, 6) is 1.03. The molecular weight excluding hydrogens is 432 g/mol. The van der Waals surface area contributed by atoms with Crippen molar-refractivity contribution in [1.29, 1.82) is 0 Å². The predicted octanol–water partition coefficient (Wildman–Crippen LogP) is 5.13. The standard InChI is InChI=1S/C27H40N2O5/c1-8-32-23-17-27(7,18(3)25(33-9-2)24(23)19(4)30)21(6)29(26(28)31)15-16-34-20(5)22-13-11-10-12-14-22/h10-14,20-21H,8-9,15-17H2,1-7H3,(H2,28,31)/t20-,21+,27?/m0/s1. The van der Waals surface area contributed by atoms with Crippen LogP contribution in [0.2, 0.25) is 0 Å². The number of carbonyl (C=O) groups excluding carboxylic acids is 2. The molecule has 2 N–H and O–H groups in total. The van der Waals surface area contributed by atoms with Gasteiger partial charge in [-0.05, 0) is 52.7 Å². The zero-order valence-corrected chi connectivity index (χ0v) is 21.6. The van der Waals surface area contributed by atoms with Gasteiger partial charge in [-0.2, -0.15) is 0 Å². The van der Waals surface area contributed by atoms with Crippen LogP contribution >= 0.6 is 0 Å². The van der Waals surface area contributed by atoms with E-state index in [4.69, 9.17) is 19.9 Å². The van der Waals surface area contributed by atoms with Crippen molar-refractivity contribution in [3.8, 4) is 0 Å². The highest BCUT2D eigenvalue weighted by Gasteiger charge is 2.45. The highest BCUT2D eigenvalue weighted by Crippen LogP contribution is 2.47. The summed E-state index contributed by atoms with van der Waals surface area (Å²) in [6.45, 7) is 14.8. The molecule has 0 fully saturated rings. The molecule has 1 aromatic rings. The lowest BCUT2D eigenvalue weighted by atomic mass is 9.68. The minimum absolute atomic E-state index is 0.101. The molecule has 0 saturated carbocycles. The average Bonchev–Trinajstić information content (AvgIpc) is 2.80. The number of ketones is 1. The number of ether oxygens (including phenoxy) is 3. The van der Waals surface area contributed by atoms with Gasteiger partial charge < -0.3 is 24.8 Å². The number of nitrogens with zero attached hydrogens (tertiary/aromatic N) is 1. The van der Waals surface area contributed by atoms with Crippen LogP contribution in [0, 0.1) is 5.41 Å². The van der Waals surface area contributed by atoms with Crippen LogP contribution in [0.4, 0.5) is 4.79 Å². The fourth-order valence-corrected chi connectivity index (χ4v) is 4.55. The van der Waals surface area contributed by atoms with Crippen molar-refractivity contribution < 1.29 is 23.8 Å². The van der Waals surface area contributed by atoms with Crippen molar-refractivity contribution >= 4 is 11.8 Å². The Labute approximate surface area is 203 Å². The van der Waals surface area contributed by atoms with Gasteiger partial charge in [-0.3, -0.25) is 4.79 Å². The highest BCUT2D eigenvalue weighted by atomic mass is 16.5. The minimum atomic E-state index is -0.548. The molecule has 188 valence electrons. The van der Waals surface area contributed by atoms with Gasteiger partial charge in [0.15, 0.2) is 5.78 Å². The molecule has 7 nitrogen and oxygen atoms in total. The van der Waals surface area contributed by atoms with E-state index in [2.05, 4.69) is 6.92 Å². The Balaban J connectivity index is 2.30. The molecule has 2 amide bonds. The second kappa shape index (κ2) is 12.1. The Hall–Kier alpha value is -2.80. The summed E-state index contributed by atoms with van der Waals surface area (Å²) < 4.78 is 17.9. The van der Waals surface area contributed by atoms with Crippen molar-refractivity contribution in [2.24, 2.45) is 11.1 Å². The van der Waals surface area contributed by atoms with Gasteiger partial charge in [0.2, 0.25) is 0 Å². The van der Waals surface area contributed by atoms with Crippen LogP contribution in [0.3, 0.4) is 0 Å². The van der Waals surface area contributed by atoms with E-state index < -0.39 is 11.4 Å². The fourth-order valence-electron chi connectivity index (χ4n) is 4.55. The van der Waals surface area contributed by atoms with Crippen molar-refractivity contribution in [3.63, 3.8) is 0 Å². The molecule has 0 spiro atoms. The van der Waals surface area contributed by atoms with E-state index in [0.29, 0.717) is 49.9 Å². The molecule has 0 aromatic heterocycles. The van der Waals surface area contributed by atoms with Crippen molar-refractivity contribution in [2.45, 2.75) is 67.0 Å². The van der Waals surface area contributed by atoms with Crippen molar-refractivity contribution in [1.82, 2.24) is 4.90 Å². The first-order chi connectivity index (χ1) is 16.1. The summed E-state index contributed by atoms with van der Waals surface area (Å²) in [6.07, 6.45) is 0.359. The van der Waals surface area contributed by atoms with Crippen molar-refractivity contribution in [3.05, 3.63) is 58.6 Å². The molecule has 0 aliphatic heterocycles. The lowest BCUT2D eigenvalue weighted by Crippen LogP contribution is -2.52. The molecule has 7 heteroatoms. The first kappa shape index (κ1) is 27.4. The number of urea groups is 1. The topological polar surface area (TPSA) is 91.1 Å². The highest BCUT2D eigenvalue weighted by molar-refractivity contribution is 5.98. The van der Waals surface area contributed by atoms with E-state index in [-0.39, 0.29) is 17.9 Å². The van der Waals surface area contributed by atoms with E-state index in [1.807, 2.05) is 65.0 Å². The van der Waals surface area contributed by atoms with Gasteiger partial charge in [0, 0.05) is 24.4 Å². The van der Waals surface area contributed by atoms with Crippen LogP contribution in [0.15, 0.2) is 53.0 Å². The van der Waals surface area contributed by atoms with Crippen LogP contribution in [0.25, 0.3) is 0 Å². The number of hydrogen-bond donors (Lipinski definition) is 1. The Kier molecular flexibility index (Phi) is 9.74. The van der Waals surface area contributed by atoms with Gasteiger partial charge in [0.05, 0.1) is 31.5 Å². The summed E-state index contributed by atoms with van der Waals surface area (Å²) in [4.78, 5) is 26.7. The lowest BCUT2D eigenvalue weighted by Gasteiger charge is -2.45. The third kappa shape index (κ3) is 6.00. The molecule has 0 radical (unpaired) electrons. The maximum absolute atomic E-state index is 12.5. The smallest absolute Gasteiger partial charge is 0.315 e. The maximum atomic E-state index is 12.5. The number of nitrogens with two attached hydrogens (primary N) is 1. The third-order valence-corrected chi connectivity index (χ3v) is 6.83. The van der Waals surface area contributed by atoms with Crippen LogP contribution < -0.4 is 5.73 Å². The van der Waals surface area contributed by atoms with E-state index in [9.17, 15) is 9.59 Å². The Morgan fingerprint density at radius 1 is 1.12 bits per heavy atom. The summed E-state index contributed by atoms with van der Waals surface area (Å²) in [5, 5.41) is 0. The first-order valence-electron chi connectivity index (χ1n) is 12.0. The molecule has 0 bridgehead atoms. The Morgan fingerprint density at radius 3 is 2.26 bits per heavy atom. The van der Waals surface area contributed by atoms with Crippen LogP contribution in [0.1, 0.15) is 66.6 Å². The molecule has 1 aromatic carbocycles.